The molecule has 1 aromatic heterocycles. The highest BCUT2D eigenvalue weighted by atomic mass is 35.5. The molecule has 0 unspecified atom stereocenters. The molecule has 3 rings (SSSR count). The molecule has 8 nitrogen and oxygen atoms in total. The molecule has 1 fully saturated rings. The molecule has 0 radical (unpaired) electrons. The number of alkyl carbamates (subject to hydrolysis) is 1. The fraction of sp³-hybridized carbons (Fsp3) is 0.478. The standard InChI is InChI=1S/C23H28Cl2N6O2S/c1-22(2,3)33-21(32)28-13-23(4)8-10-31(11-9-23)19-15(12-26)29-20(18(27)30-19)34-16-7-5-6-14(24)17(16)25/h5-7H,8-11,13H2,1-4H3,(H2,27,30)(H,28,32). The monoisotopic (exact) mass is 522 g/mol. The molecule has 1 aromatic carbocycles. The topological polar surface area (TPSA) is 117 Å². The average Bonchev–Trinajstić information content (AvgIpc) is 2.76. The van der Waals surface area contributed by atoms with E-state index in [9.17, 15) is 10.1 Å². The summed E-state index contributed by atoms with van der Waals surface area (Å²) in [6.45, 7) is 9.44. The van der Waals surface area contributed by atoms with Crippen molar-refractivity contribution in [3.05, 3.63) is 33.9 Å². The van der Waals surface area contributed by atoms with Crippen molar-refractivity contribution in [3.8, 4) is 6.07 Å². The van der Waals surface area contributed by atoms with Gasteiger partial charge in [0.15, 0.2) is 17.3 Å². The van der Waals surface area contributed by atoms with Gasteiger partial charge >= 0.3 is 6.09 Å². The van der Waals surface area contributed by atoms with Crippen LogP contribution >= 0.6 is 35.0 Å². The number of hydrogen-bond acceptors (Lipinski definition) is 8. The summed E-state index contributed by atoms with van der Waals surface area (Å²) in [4.78, 5) is 23.7. The fourth-order valence-corrected chi connectivity index (χ4v) is 4.81. The second-order valence-electron chi connectivity index (χ2n) is 9.51. The van der Waals surface area contributed by atoms with Gasteiger partial charge in [-0.2, -0.15) is 5.26 Å². The maximum atomic E-state index is 12.0. The van der Waals surface area contributed by atoms with E-state index in [1.54, 1.807) is 18.2 Å². The largest absolute Gasteiger partial charge is 0.444 e. The zero-order valence-electron chi connectivity index (χ0n) is 19.6. The minimum absolute atomic E-state index is 0.0989. The molecular weight excluding hydrogens is 495 g/mol. The maximum Gasteiger partial charge on any atom is 0.407 e. The van der Waals surface area contributed by atoms with Gasteiger partial charge in [-0.25, -0.2) is 14.8 Å². The van der Waals surface area contributed by atoms with Crippen molar-refractivity contribution in [2.45, 2.75) is 56.1 Å². The summed E-state index contributed by atoms with van der Waals surface area (Å²) in [5, 5.41) is 13.8. The van der Waals surface area contributed by atoms with E-state index < -0.39 is 11.7 Å². The van der Waals surface area contributed by atoms with Gasteiger partial charge in [-0.3, -0.25) is 0 Å². The number of nitriles is 1. The molecule has 0 spiro atoms. The molecule has 0 bridgehead atoms. The zero-order valence-corrected chi connectivity index (χ0v) is 21.9. The molecule has 3 N–H and O–H groups in total. The molecular formula is C23H28Cl2N6O2S. The number of amides is 1. The number of nitrogens with two attached hydrogens (primary N) is 1. The summed E-state index contributed by atoms with van der Waals surface area (Å²) in [5.41, 5.74) is 5.77. The second-order valence-corrected chi connectivity index (χ2v) is 11.3. The number of rotatable bonds is 5. The summed E-state index contributed by atoms with van der Waals surface area (Å²) in [6, 6.07) is 7.41. The summed E-state index contributed by atoms with van der Waals surface area (Å²) in [7, 11) is 0. The van der Waals surface area contributed by atoms with Gasteiger partial charge in [0.1, 0.15) is 16.7 Å². The molecule has 1 saturated heterocycles. The van der Waals surface area contributed by atoms with Crippen molar-refractivity contribution in [3.63, 3.8) is 0 Å². The number of aromatic nitrogens is 2. The van der Waals surface area contributed by atoms with Crippen molar-refractivity contribution >= 4 is 52.7 Å². The van der Waals surface area contributed by atoms with E-state index in [2.05, 4.69) is 28.3 Å². The third-order valence-electron chi connectivity index (χ3n) is 5.43. The van der Waals surface area contributed by atoms with E-state index in [4.69, 9.17) is 33.7 Å². The van der Waals surface area contributed by atoms with Gasteiger partial charge in [0, 0.05) is 24.5 Å². The van der Waals surface area contributed by atoms with Crippen molar-refractivity contribution in [1.29, 1.82) is 5.26 Å². The number of ether oxygens (including phenoxy) is 1. The minimum Gasteiger partial charge on any atom is -0.444 e. The number of piperidine rings is 1. The Hall–Kier alpha value is -2.41. The van der Waals surface area contributed by atoms with Crippen LogP contribution in [0.3, 0.4) is 0 Å². The van der Waals surface area contributed by atoms with Crippen LogP contribution in [0.4, 0.5) is 16.4 Å². The molecule has 0 saturated carbocycles. The van der Waals surface area contributed by atoms with E-state index in [0.29, 0.717) is 45.4 Å². The molecule has 34 heavy (non-hydrogen) atoms. The molecule has 11 heteroatoms. The Kier molecular flexibility index (Phi) is 8.06. The van der Waals surface area contributed by atoms with Crippen molar-refractivity contribution in [1.82, 2.24) is 15.3 Å². The van der Waals surface area contributed by atoms with Crippen LogP contribution in [0.25, 0.3) is 0 Å². The third-order valence-corrected chi connectivity index (χ3v) is 7.41. The van der Waals surface area contributed by atoms with Gasteiger partial charge in [0.25, 0.3) is 0 Å². The maximum absolute atomic E-state index is 12.0. The fourth-order valence-electron chi connectivity index (χ4n) is 3.50. The Morgan fingerprint density at radius 3 is 2.62 bits per heavy atom. The Bertz CT molecular complexity index is 1110. The third kappa shape index (κ3) is 6.59. The van der Waals surface area contributed by atoms with Crippen molar-refractivity contribution < 1.29 is 9.53 Å². The lowest BCUT2D eigenvalue weighted by Gasteiger charge is -2.40. The first-order valence-corrected chi connectivity index (χ1v) is 12.4. The lowest BCUT2D eigenvalue weighted by Crippen LogP contribution is -2.46. The highest BCUT2D eigenvalue weighted by Crippen LogP contribution is 2.39. The number of hydrogen-bond donors (Lipinski definition) is 2. The molecule has 182 valence electrons. The number of anilines is 2. The summed E-state index contributed by atoms with van der Waals surface area (Å²) in [6.07, 6.45) is 1.17. The lowest BCUT2D eigenvalue weighted by atomic mass is 9.80. The van der Waals surface area contributed by atoms with Crippen LogP contribution in [0.5, 0.6) is 0 Å². The summed E-state index contributed by atoms with van der Waals surface area (Å²) in [5.74, 6) is 0.679. The van der Waals surface area contributed by atoms with Gasteiger partial charge in [-0.15, -0.1) is 0 Å². The van der Waals surface area contributed by atoms with Gasteiger partial charge < -0.3 is 20.7 Å². The van der Waals surface area contributed by atoms with Crippen molar-refractivity contribution in [2.24, 2.45) is 5.41 Å². The first-order valence-electron chi connectivity index (χ1n) is 10.8. The summed E-state index contributed by atoms with van der Waals surface area (Å²) >= 11 is 13.6. The van der Waals surface area contributed by atoms with Crippen LogP contribution < -0.4 is 16.0 Å². The number of nitrogen functional groups attached to an aromatic ring is 1. The first kappa shape index (κ1) is 26.2. The van der Waals surface area contributed by atoms with E-state index in [0.717, 1.165) is 12.8 Å². The van der Waals surface area contributed by atoms with Gasteiger partial charge in [-0.1, -0.05) is 48.0 Å². The number of halogens is 2. The van der Waals surface area contributed by atoms with Crippen LogP contribution in [-0.4, -0.2) is 41.3 Å². The predicted octanol–water partition coefficient (Wildman–Crippen LogP) is 5.52. The van der Waals surface area contributed by atoms with Crippen LogP contribution in [0.1, 0.15) is 46.2 Å². The average molecular weight is 523 g/mol. The SMILES string of the molecule is CC1(CNC(=O)OC(C)(C)C)CCN(c2nc(N)c(Sc3cccc(Cl)c3Cl)nc2C#N)CC1. The number of nitrogens with one attached hydrogen (secondary N) is 1. The van der Waals surface area contributed by atoms with Crippen LogP contribution in [-0.2, 0) is 4.74 Å². The van der Waals surface area contributed by atoms with Gasteiger partial charge in [0.05, 0.1) is 10.0 Å². The number of nitrogens with zero attached hydrogens (tertiary/aromatic N) is 4. The first-order chi connectivity index (χ1) is 15.9. The quantitative estimate of drug-likeness (QED) is 0.526. The molecule has 0 aliphatic carbocycles. The molecule has 0 atom stereocenters. The Morgan fingerprint density at radius 2 is 2.00 bits per heavy atom. The van der Waals surface area contributed by atoms with E-state index in [1.165, 1.54) is 11.8 Å². The second kappa shape index (κ2) is 10.5. The molecule has 1 aliphatic rings. The molecule has 1 amide bonds. The van der Waals surface area contributed by atoms with Crippen molar-refractivity contribution in [2.75, 3.05) is 30.3 Å². The molecule has 2 heterocycles. The van der Waals surface area contributed by atoms with E-state index in [-0.39, 0.29) is 16.9 Å². The number of carbonyl (C=O) groups excluding carboxylic acids is 1. The van der Waals surface area contributed by atoms with E-state index in [1.807, 2.05) is 25.7 Å². The van der Waals surface area contributed by atoms with Crippen LogP contribution in [0.2, 0.25) is 10.0 Å². The van der Waals surface area contributed by atoms with Crippen LogP contribution in [0, 0.1) is 16.7 Å². The minimum atomic E-state index is -0.538. The normalized spacial score (nSPS) is 15.5. The smallest absolute Gasteiger partial charge is 0.407 e. The predicted molar refractivity (Wildman–Crippen MR) is 136 cm³/mol. The lowest BCUT2D eigenvalue weighted by molar-refractivity contribution is 0.0495. The Balaban J connectivity index is 1.69. The highest BCUT2D eigenvalue weighted by molar-refractivity contribution is 7.99. The highest BCUT2D eigenvalue weighted by Gasteiger charge is 2.33. The number of benzene rings is 1. The number of carbonyl (C=O) groups is 1. The summed E-state index contributed by atoms with van der Waals surface area (Å²) < 4.78 is 5.33. The Morgan fingerprint density at radius 1 is 1.32 bits per heavy atom. The molecule has 1 aliphatic heterocycles. The van der Waals surface area contributed by atoms with E-state index >= 15 is 0 Å². The van der Waals surface area contributed by atoms with Gasteiger partial charge in [-0.05, 0) is 51.2 Å². The Labute approximate surface area is 214 Å². The van der Waals surface area contributed by atoms with Gasteiger partial charge in [0.2, 0.25) is 0 Å². The zero-order chi connectivity index (χ0) is 25.1. The van der Waals surface area contributed by atoms with Crippen LogP contribution in [0.15, 0.2) is 28.1 Å². The molecule has 2 aromatic rings.